The number of carbonyl (C=O) groups is 1. The molecule has 3 aromatic rings. The topological polar surface area (TPSA) is 46.9 Å². The molecule has 2 aromatic heterocycles. The minimum Gasteiger partial charge on any atom is -0.355 e. The smallest absolute Gasteiger partial charge is 0.225 e. The van der Waals surface area contributed by atoms with Crippen molar-refractivity contribution < 1.29 is 9.18 Å². The third-order valence-corrected chi connectivity index (χ3v) is 4.39. The molecule has 1 amide bonds. The number of nitrogens with one attached hydrogen (secondary N) is 1. The molecule has 0 aliphatic carbocycles. The van der Waals surface area contributed by atoms with Gasteiger partial charge in [-0.15, -0.1) is 11.3 Å². The van der Waals surface area contributed by atoms with E-state index < -0.39 is 0 Å². The van der Waals surface area contributed by atoms with E-state index in [0.717, 1.165) is 10.0 Å². The molecule has 0 bridgehead atoms. The second kappa shape index (κ2) is 7.19. The Morgan fingerprint density at radius 3 is 2.78 bits per heavy atom. The number of thiazole rings is 1. The molecular weight excluding hydrogens is 313 g/mol. The van der Waals surface area contributed by atoms with Crippen molar-refractivity contribution >= 4 is 17.2 Å². The van der Waals surface area contributed by atoms with Crippen LogP contribution in [0.25, 0.3) is 5.13 Å². The quantitative estimate of drug-likeness (QED) is 0.756. The van der Waals surface area contributed by atoms with Crippen LogP contribution in [-0.4, -0.2) is 22.0 Å². The Morgan fingerprint density at radius 2 is 2.00 bits per heavy atom. The van der Waals surface area contributed by atoms with E-state index in [-0.39, 0.29) is 18.1 Å². The van der Waals surface area contributed by atoms with Crippen LogP contribution in [0.15, 0.2) is 55.0 Å². The summed E-state index contributed by atoms with van der Waals surface area (Å²) in [6.45, 7) is 0.420. The van der Waals surface area contributed by atoms with Crippen LogP contribution in [0.3, 0.4) is 0 Å². The molecule has 0 saturated heterocycles. The molecule has 1 N–H and O–H groups in total. The molecule has 0 fully saturated rings. The maximum absolute atomic E-state index is 13.5. The number of halogens is 1. The lowest BCUT2D eigenvalue weighted by molar-refractivity contribution is -0.120. The van der Waals surface area contributed by atoms with Crippen LogP contribution in [0.2, 0.25) is 0 Å². The van der Waals surface area contributed by atoms with Gasteiger partial charge in [0.15, 0.2) is 5.13 Å². The van der Waals surface area contributed by atoms with Crippen LogP contribution in [0.4, 0.5) is 4.39 Å². The van der Waals surface area contributed by atoms with Gasteiger partial charge in [-0.3, -0.25) is 4.79 Å². The number of aromatic nitrogens is 2. The van der Waals surface area contributed by atoms with Gasteiger partial charge >= 0.3 is 0 Å². The molecule has 0 spiro atoms. The first kappa shape index (κ1) is 15.4. The second-order valence-corrected chi connectivity index (χ2v) is 6.16. The predicted molar refractivity (Wildman–Crippen MR) is 88.3 cm³/mol. The zero-order valence-corrected chi connectivity index (χ0v) is 13.2. The fourth-order valence-corrected chi connectivity index (χ4v) is 3.09. The van der Waals surface area contributed by atoms with Crippen LogP contribution >= 0.6 is 11.3 Å². The first-order valence-corrected chi connectivity index (χ1v) is 8.12. The van der Waals surface area contributed by atoms with E-state index in [1.165, 1.54) is 17.4 Å². The summed E-state index contributed by atoms with van der Waals surface area (Å²) < 4.78 is 15.4. The highest BCUT2D eigenvalue weighted by Crippen LogP contribution is 2.17. The van der Waals surface area contributed by atoms with Gasteiger partial charge in [-0.25, -0.2) is 9.37 Å². The molecule has 118 valence electrons. The number of hydrogen-bond acceptors (Lipinski definition) is 3. The van der Waals surface area contributed by atoms with Crippen molar-refractivity contribution in [3.63, 3.8) is 0 Å². The molecule has 23 heavy (non-hydrogen) atoms. The molecule has 0 radical (unpaired) electrons. The van der Waals surface area contributed by atoms with Crippen LogP contribution in [0.1, 0.15) is 10.4 Å². The van der Waals surface area contributed by atoms with Crippen LogP contribution < -0.4 is 5.32 Å². The van der Waals surface area contributed by atoms with Crippen molar-refractivity contribution in [3.8, 4) is 5.13 Å². The molecule has 6 heteroatoms. The number of hydrogen-bond donors (Lipinski definition) is 1. The predicted octanol–water partition coefficient (Wildman–Crippen LogP) is 2.97. The summed E-state index contributed by atoms with van der Waals surface area (Å²) in [6, 6.07) is 10.5. The minimum absolute atomic E-state index is 0.0796. The van der Waals surface area contributed by atoms with Gasteiger partial charge in [-0.2, -0.15) is 0 Å². The zero-order chi connectivity index (χ0) is 16.1. The molecular formula is C17H16FN3OS. The molecule has 0 atom stereocenters. The van der Waals surface area contributed by atoms with Gasteiger partial charge in [0.25, 0.3) is 0 Å². The lowest BCUT2D eigenvalue weighted by Crippen LogP contribution is -2.27. The summed E-state index contributed by atoms with van der Waals surface area (Å²) in [7, 11) is 0. The van der Waals surface area contributed by atoms with E-state index in [1.807, 2.05) is 29.1 Å². The average Bonchev–Trinajstić information content (AvgIpc) is 3.20. The standard InChI is InChI=1S/C17H16FN3OS/c18-15-6-2-1-5-13(15)7-8-19-16(22)11-14-12-20-17(23-14)21-9-3-4-10-21/h1-6,9-10,12H,7-8,11H2,(H,19,22). The van der Waals surface area contributed by atoms with Crippen LogP contribution in [0.5, 0.6) is 0 Å². The minimum atomic E-state index is -0.236. The Morgan fingerprint density at radius 1 is 1.22 bits per heavy atom. The average molecular weight is 329 g/mol. The van der Waals surface area contributed by atoms with Crippen LogP contribution in [-0.2, 0) is 17.6 Å². The summed E-state index contributed by atoms with van der Waals surface area (Å²) >= 11 is 1.48. The van der Waals surface area contributed by atoms with Crippen molar-refractivity contribution in [1.29, 1.82) is 0 Å². The summed E-state index contributed by atoms with van der Waals surface area (Å²) in [4.78, 5) is 17.2. The highest BCUT2D eigenvalue weighted by molar-refractivity contribution is 7.14. The van der Waals surface area contributed by atoms with E-state index in [9.17, 15) is 9.18 Å². The Kier molecular flexibility index (Phi) is 4.83. The molecule has 4 nitrogen and oxygen atoms in total. The monoisotopic (exact) mass is 329 g/mol. The maximum atomic E-state index is 13.5. The van der Waals surface area contributed by atoms with Crippen LogP contribution in [0, 0.1) is 5.82 Å². The van der Waals surface area contributed by atoms with E-state index >= 15 is 0 Å². The molecule has 0 unspecified atom stereocenters. The fourth-order valence-electron chi connectivity index (χ4n) is 2.22. The van der Waals surface area contributed by atoms with Crippen molar-refractivity contribution in [2.45, 2.75) is 12.8 Å². The Balaban J connectivity index is 1.49. The Hall–Kier alpha value is -2.47. The third kappa shape index (κ3) is 4.04. The third-order valence-electron chi connectivity index (χ3n) is 3.38. The lowest BCUT2D eigenvalue weighted by atomic mass is 10.1. The van der Waals surface area contributed by atoms with Gasteiger partial charge in [-0.05, 0) is 30.2 Å². The zero-order valence-electron chi connectivity index (χ0n) is 12.4. The number of benzene rings is 1. The summed E-state index contributed by atoms with van der Waals surface area (Å²) in [5.74, 6) is -0.315. The fraction of sp³-hybridized carbons (Fsp3) is 0.176. The molecule has 3 rings (SSSR count). The van der Waals surface area contributed by atoms with Gasteiger partial charge < -0.3 is 9.88 Å². The molecule has 1 aromatic carbocycles. The lowest BCUT2D eigenvalue weighted by Gasteiger charge is -2.05. The summed E-state index contributed by atoms with van der Waals surface area (Å²) in [6.07, 6.45) is 6.32. The van der Waals surface area contributed by atoms with E-state index in [4.69, 9.17) is 0 Å². The number of nitrogens with zero attached hydrogens (tertiary/aromatic N) is 2. The SMILES string of the molecule is O=C(Cc1cnc(-n2cccc2)s1)NCCc1ccccc1F. The van der Waals surface area contributed by atoms with Crippen molar-refractivity contribution in [2.75, 3.05) is 6.54 Å². The second-order valence-electron chi connectivity index (χ2n) is 5.07. The number of amides is 1. The molecule has 0 aliphatic heterocycles. The number of rotatable bonds is 6. The molecule has 0 aliphatic rings. The summed E-state index contributed by atoms with van der Waals surface area (Å²) in [5.41, 5.74) is 0.612. The highest BCUT2D eigenvalue weighted by Gasteiger charge is 2.08. The first-order valence-electron chi connectivity index (χ1n) is 7.30. The van der Waals surface area contributed by atoms with Crippen molar-refractivity contribution in [3.05, 3.63) is 71.2 Å². The Labute approximate surface area is 137 Å². The summed E-state index contributed by atoms with van der Waals surface area (Å²) in [5, 5.41) is 3.65. The highest BCUT2D eigenvalue weighted by atomic mass is 32.1. The van der Waals surface area contributed by atoms with Gasteiger partial charge in [0, 0.05) is 30.0 Å². The number of carbonyl (C=O) groups excluding carboxylic acids is 1. The van der Waals surface area contributed by atoms with E-state index in [0.29, 0.717) is 18.5 Å². The normalized spacial score (nSPS) is 10.7. The van der Waals surface area contributed by atoms with E-state index in [2.05, 4.69) is 10.3 Å². The van der Waals surface area contributed by atoms with Crippen molar-refractivity contribution in [1.82, 2.24) is 14.9 Å². The van der Waals surface area contributed by atoms with Gasteiger partial charge in [0.2, 0.25) is 5.91 Å². The first-order chi connectivity index (χ1) is 11.2. The maximum Gasteiger partial charge on any atom is 0.225 e. The van der Waals surface area contributed by atoms with Gasteiger partial charge in [-0.1, -0.05) is 18.2 Å². The van der Waals surface area contributed by atoms with Crippen molar-refractivity contribution in [2.24, 2.45) is 0 Å². The van der Waals surface area contributed by atoms with Gasteiger partial charge in [0.05, 0.1) is 6.42 Å². The van der Waals surface area contributed by atoms with E-state index in [1.54, 1.807) is 24.4 Å². The molecule has 2 heterocycles. The molecule has 0 saturated carbocycles. The largest absolute Gasteiger partial charge is 0.355 e. The Bertz CT molecular complexity index is 783. The van der Waals surface area contributed by atoms with Gasteiger partial charge in [0.1, 0.15) is 5.82 Å².